The maximum Gasteiger partial charge on any atom is 0.273 e. The average molecular weight is 469 g/mol. The number of phenols is 1. The van der Waals surface area contributed by atoms with Crippen molar-refractivity contribution < 1.29 is 23.5 Å². The summed E-state index contributed by atoms with van der Waals surface area (Å²) in [4.78, 5) is 26.3. The zero-order chi connectivity index (χ0) is 24.7. The molecule has 2 heterocycles. The molecule has 0 fully saturated rings. The predicted molar refractivity (Wildman–Crippen MR) is 129 cm³/mol. The second-order valence-corrected chi connectivity index (χ2v) is 8.24. The van der Waals surface area contributed by atoms with Crippen LogP contribution in [0.25, 0.3) is 22.2 Å². The van der Waals surface area contributed by atoms with Crippen molar-refractivity contribution >= 4 is 28.3 Å². The Morgan fingerprint density at radius 3 is 2.60 bits per heavy atom. The van der Waals surface area contributed by atoms with Crippen molar-refractivity contribution in [2.45, 2.75) is 13.8 Å². The summed E-state index contributed by atoms with van der Waals surface area (Å²) in [5, 5.41) is 20.3. The molecule has 0 saturated heterocycles. The summed E-state index contributed by atoms with van der Waals surface area (Å²) in [5.74, 6) is -1.71. The molecule has 1 amide bonds. The van der Waals surface area contributed by atoms with Crippen molar-refractivity contribution in [3.63, 3.8) is 0 Å². The number of carbonyl (C=O) groups excluding carboxylic acids is 2. The van der Waals surface area contributed by atoms with Crippen LogP contribution in [0.3, 0.4) is 0 Å². The minimum atomic E-state index is -0.565. The Balaban J connectivity index is 1.50. The SMILES string of the molecule is Cc1ccc(-c2cc(C(=O)Nc3c(C(=O)c4ccc(C)c(F)c4)oc4ccccc34)[nH]n2)c(O)c1. The first-order valence-electron chi connectivity index (χ1n) is 10.8. The molecule has 0 aliphatic carbocycles. The highest BCUT2D eigenvalue weighted by molar-refractivity contribution is 6.18. The van der Waals surface area contributed by atoms with Crippen LogP contribution < -0.4 is 5.32 Å². The number of nitrogens with one attached hydrogen (secondary N) is 2. The lowest BCUT2D eigenvalue weighted by molar-refractivity contribution is 0.101. The topological polar surface area (TPSA) is 108 Å². The van der Waals surface area contributed by atoms with Gasteiger partial charge in [-0.3, -0.25) is 14.7 Å². The number of aromatic nitrogens is 2. The molecule has 3 aromatic carbocycles. The van der Waals surface area contributed by atoms with E-state index in [1.807, 2.05) is 13.0 Å². The number of fused-ring (bicyclic) bond motifs is 1. The first kappa shape index (κ1) is 22.1. The quantitative estimate of drug-likeness (QED) is 0.283. The molecule has 0 saturated carbocycles. The average Bonchev–Trinajstić information content (AvgIpc) is 3.46. The third-order valence-corrected chi connectivity index (χ3v) is 5.73. The minimum Gasteiger partial charge on any atom is -0.507 e. The fourth-order valence-corrected chi connectivity index (χ4v) is 3.81. The van der Waals surface area contributed by atoms with Gasteiger partial charge < -0.3 is 14.8 Å². The smallest absolute Gasteiger partial charge is 0.273 e. The Labute approximate surface area is 199 Å². The number of aromatic hydroxyl groups is 1. The molecule has 5 rings (SSSR count). The molecule has 7 nitrogen and oxygen atoms in total. The van der Waals surface area contributed by atoms with Gasteiger partial charge in [0, 0.05) is 16.5 Å². The van der Waals surface area contributed by atoms with Crippen LogP contribution in [-0.2, 0) is 0 Å². The van der Waals surface area contributed by atoms with Gasteiger partial charge in [0.25, 0.3) is 5.91 Å². The summed E-state index contributed by atoms with van der Waals surface area (Å²) in [5.41, 5.74) is 2.94. The number of H-pyrrole nitrogens is 1. The van der Waals surface area contributed by atoms with E-state index in [0.29, 0.717) is 27.8 Å². The lowest BCUT2D eigenvalue weighted by Crippen LogP contribution is -2.15. The lowest BCUT2D eigenvalue weighted by atomic mass is 10.0. The van der Waals surface area contributed by atoms with Gasteiger partial charge in [-0.25, -0.2) is 4.39 Å². The van der Waals surface area contributed by atoms with Gasteiger partial charge in [-0.05, 0) is 61.4 Å². The number of aryl methyl sites for hydroxylation is 2. The number of furan rings is 1. The van der Waals surface area contributed by atoms with Crippen molar-refractivity contribution in [2.24, 2.45) is 0 Å². The lowest BCUT2D eigenvalue weighted by Gasteiger charge is -2.06. The number of hydrogen-bond acceptors (Lipinski definition) is 5. The molecule has 5 aromatic rings. The van der Waals surface area contributed by atoms with E-state index < -0.39 is 17.5 Å². The molecule has 35 heavy (non-hydrogen) atoms. The molecular weight excluding hydrogens is 449 g/mol. The third kappa shape index (κ3) is 4.06. The fraction of sp³-hybridized carbons (Fsp3) is 0.0741. The molecule has 0 bridgehead atoms. The number of anilines is 1. The van der Waals surface area contributed by atoms with Crippen LogP contribution in [0.2, 0.25) is 0 Å². The number of halogens is 1. The van der Waals surface area contributed by atoms with Crippen LogP contribution in [0, 0.1) is 19.7 Å². The van der Waals surface area contributed by atoms with Crippen molar-refractivity contribution in [1.82, 2.24) is 10.2 Å². The molecule has 0 aliphatic heterocycles. The normalized spacial score (nSPS) is 11.1. The Morgan fingerprint density at radius 1 is 1.03 bits per heavy atom. The number of benzene rings is 3. The molecule has 0 spiro atoms. The summed E-state index contributed by atoms with van der Waals surface area (Å²) >= 11 is 0. The van der Waals surface area contributed by atoms with Crippen molar-refractivity contribution in [3.05, 3.63) is 101 Å². The van der Waals surface area contributed by atoms with E-state index in [4.69, 9.17) is 4.42 Å². The van der Waals surface area contributed by atoms with Crippen LogP contribution in [0.15, 0.2) is 71.1 Å². The molecule has 2 aromatic heterocycles. The van der Waals surface area contributed by atoms with E-state index in [1.165, 1.54) is 18.2 Å². The Bertz CT molecular complexity index is 1620. The Hall–Kier alpha value is -4.72. The fourth-order valence-electron chi connectivity index (χ4n) is 3.81. The number of ketones is 1. The van der Waals surface area contributed by atoms with Gasteiger partial charge in [-0.2, -0.15) is 5.10 Å². The second kappa shape index (κ2) is 8.57. The molecule has 0 aliphatic rings. The van der Waals surface area contributed by atoms with Gasteiger partial charge in [0.2, 0.25) is 5.78 Å². The molecule has 174 valence electrons. The van der Waals surface area contributed by atoms with Crippen molar-refractivity contribution in [2.75, 3.05) is 5.32 Å². The zero-order valence-corrected chi connectivity index (χ0v) is 18.8. The van der Waals surface area contributed by atoms with Crippen LogP contribution >= 0.6 is 0 Å². The summed E-state index contributed by atoms with van der Waals surface area (Å²) < 4.78 is 19.9. The van der Waals surface area contributed by atoms with E-state index in [-0.39, 0.29) is 28.5 Å². The molecule has 3 N–H and O–H groups in total. The van der Waals surface area contributed by atoms with Crippen molar-refractivity contribution in [3.8, 4) is 17.0 Å². The first-order valence-corrected chi connectivity index (χ1v) is 10.8. The van der Waals surface area contributed by atoms with Gasteiger partial charge in [-0.15, -0.1) is 0 Å². The highest BCUT2D eigenvalue weighted by atomic mass is 19.1. The largest absolute Gasteiger partial charge is 0.507 e. The number of rotatable bonds is 5. The van der Waals surface area contributed by atoms with Crippen LogP contribution in [0.4, 0.5) is 10.1 Å². The number of para-hydroxylation sites is 1. The Morgan fingerprint density at radius 2 is 1.83 bits per heavy atom. The number of carbonyl (C=O) groups is 2. The summed E-state index contributed by atoms with van der Waals surface area (Å²) in [6.45, 7) is 3.46. The maximum absolute atomic E-state index is 14.1. The number of phenolic OH excluding ortho intramolecular Hbond substituents is 1. The van der Waals surface area contributed by atoms with E-state index in [2.05, 4.69) is 15.5 Å². The van der Waals surface area contributed by atoms with E-state index in [9.17, 15) is 19.1 Å². The number of hydrogen-bond donors (Lipinski definition) is 3. The molecule has 8 heteroatoms. The first-order chi connectivity index (χ1) is 16.8. The maximum atomic E-state index is 14.1. The third-order valence-electron chi connectivity index (χ3n) is 5.73. The molecular formula is C27H20FN3O4. The molecule has 0 unspecified atom stereocenters. The van der Waals surface area contributed by atoms with Gasteiger partial charge in [0.1, 0.15) is 22.8 Å². The molecule has 0 radical (unpaired) electrons. The van der Waals surface area contributed by atoms with E-state index in [0.717, 1.165) is 11.6 Å². The predicted octanol–water partition coefficient (Wildman–Crippen LogP) is 5.77. The number of aromatic amines is 1. The van der Waals surface area contributed by atoms with Crippen LogP contribution in [-0.4, -0.2) is 27.0 Å². The number of amides is 1. The summed E-state index contributed by atoms with van der Waals surface area (Å²) in [7, 11) is 0. The monoisotopic (exact) mass is 469 g/mol. The highest BCUT2D eigenvalue weighted by Gasteiger charge is 2.25. The van der Waals surface area contributed by atoms with Gasteiger partial charge in [0.15, 0.2) is 5.76 Å². The van der Waals surface area contributed by atoms with E-state index in [1.54, 1.807) is 43.3 Å². The second-order valence-electron chi connectivity index (χ2n) is 8.24. The highest BCUT2D eigenvalue weighted by Crippen LogP contribution is 2.34. The zero-order valence-electron chi connectivity index (χ0n) is 18.8. The Kier molecular flexibility index (Phi) is 5.41. The minimum absolute atomic E-state index is 0.0440. The van der Waals surface area contributed by atoms with Crippen LogP contribution in [0.1, 0.15) is 37.7 Å². The standard InChI is InChI=1S/C27H20FN3O4/c1-14-7-10-17(22(32)11-14)20-13-21(31-30-20)27(34)29-24-18-5-3-4-6-23(18)35-26(24)25(33)16-9-8-15(2)19(28)12-16/h3-13,32H,1-2H3,(H,29,34)(H,30,31). The van der Waals surface area contributed by atoms with Gasteiger partial charge >= 0.3 is 0 Å². The number of nitrogens with zero attached hydrogens (tertiary/aromatic N) is 1. The van der Waals surface area contributed by atoms with Gasteiger partial charge in [0.05, 0.1) is 11.4 Å². The van der Waals surface area contributed by atoms with Crippen molar-refractivity contribution in [1.29, 1.82) is 0 Å². The summed E-state index contributed by atoms with van der Waals surface area (Å²) in [6, 6.07) is 17.7. The van der Waals surface area contributed by atoms with Crippen LogP contribution in [0.5, 0.6) is 5.75 Å². The van der Waals surface area contributed by atoms with Gasteiger partial charge in [-0.1, -0.05) is 30.3 Å². The summed E-state index contributed by atoms with van der Waals surface area (Å²) in [6.07, 6.45) is 0. The molecule has 0 atom stereocenters. The van der Waals surface area contributed by atoms with E-state index >= 15 is 0 Å².